The zero-order chi connectivity index (χ0) is 13.1. The van der Waals surface area contributed by atoms with Crippen LogP contribution in [-0.2, 0) is 6.54 Å². The maximum absolute atomic E-state index is 3.41. The molecule has 2 aliphatic rings. The molecule has 1 aromatic carbocycles. The minimum absolute atomic E-state index is 0.834. The Morgan fingerprint density at radius 3 is 2.53 bits per heavy atom. The summed E-state index contributed by atoms with van der Waals surface area (Å²) in [6.07, 6.45) is 5.67. The molecule has 0 aromatic heterocycles. The van der Waals surface area contributed by atoms with E-state index in [0.717, 1.165) is 18.5 Å². The van der Waals surface area contributed by atoms with Crippen LogP contribution >= 0.6 is 0 Å². The fourth-order valence-corrected chi connectivity index (χ4v) is 3.43. The minimum atomic E-state index is 0.834. The summed E-state index contributed by atoms with van der Waals surface area (Å²) in [5.41, 5.74) is 2.96. The quantitative estimate of drug-likeness (QED) is 0.873. The van der Waals surface area contributed by atoms with Crippen molar-refractivity contribution >= 4 is 0 Å². The van der Waals surface area contributed by atoms with Gasteiger partial charge >= 0.3 is 0 Å². The maximum atomic E-state index is 3.41. The van der Waals surface area contributed by atoms with Crippen molar-refractivity contribution in [3.05, 3.63) is 35.4 Å². The molecule has 0 spiro atoms. The van der Waals surface area contributed by atoms with E-state index in [4.69, 9.17) is 0 Å². The topological polar surface area (TPSA) is 15.3 Å². The van der Waals surface area contributed by atoms with Gasteiger partial charge in [0.2, 0.25) is 0 Å². The lowest BCUT2D eigenvalue weighted by molar-refractivity contribution is 0.136. The monoisotopic (exact) mass is 258 g/mol. The Labute approximate surface area is 117 Å². The van der Waals surface area contributed by atoms with Crippen LogP contribution in [0.15, 0.2) is 24.3 Å². The van der Waals surface area contributed by atoms with Crippen molar-refractivity contribution in [2.75, 3.05) is 19.6 Å². The molecule has 19 heavy (non-hydrogen) atoms. The average molecular weight is 258 g/mol. The molecule has 2 fully saturated rings. The van der Waals surface area contributed by atoms with E-state index in [-0.39, 0.29) is 0 Å². The predicted molar refractivity (Wildman–Crippen MR) is 80.2 cm³/mol. The lowest BCUT2D eigenvalue weighted by Crippen LogP contribution is -2.49. The number of hydrogen-bond acceptors (Lipinski definition) is 2. The van der Waals surface area contributed by atoms with Crippen LogP contribution in [0.3, 0.4) is 0 Å². The Hall–Kier alpha value is -0.860. The van der Waals surface area contributed by atoms with Gasteiger partial charge in [-0.2, -0.15) is 0 Å². The van der Waals surface area contributed by atoms with Crippen LogP contribution in [0.1, 0.15) is 36.8 Å². The van der Waals surface area contributed by atoms with Crippen molar-refractivity contribution in [2.45, 2.75) is 45.2 Å². The molecule has 1 saturated heterocycles. The third kappa shape index (κ3) is 3.18. The van der Waals surface area contributed by atoms with Crippen molar-refractivity contribution in [3.8, 4) is 0 Å². The van der Waals surface area contributed by atoms with Crippen molar-refractivity contribution in [1.29, 1.82) is 0 Å². The van der Waals surface area contributed by atoms with Gasteiger partial charge in [0, 0.05) is 32.2 Å². The predicted octanol–water partition coefficient (Wildman–Crippen LogP) is 2.96. The van der Waals surface area contributed by atoms with Gasteiger partial charge in [-0.05, 0) is 36.8 Å². The van der Waals surface area contributed by atoms with E-state index >= 15 is 0 Å². The van der Waals surface area contributed by atoms with Crippen LogP contribution in [-0.4, -0.2) is 30.6 Å². The molecule has 1 aliphatic carbocycles. The molecular weight excluding hydrogens is 232 g/mol. The molecule has 1 heterocycles. The molecule has 2 heteroatoms. The summed E-state index contributed by atoms with van der Waals surface area (Å²) in [5.74, 6) is 0.879. The molecular formula is C17H26N2. The van der Waals surface area contributed by atoms with E-state index in [9.17, 15) is 0 Å². The number of aryl methyl sites for hydroxylation is 1. The van der Waals surface area contributed by atoms with Crippen molar-refractivity contribution in [3.63, 3.8) is 0 Å². The van der Waals surface area contributed by atoms with Gasteiger partial charge in [0.1, 0.15) is 0 Å². The first kappa shape index (κ1) is 13.1. The highest BCUT2D eigenvalue weighted by molar-refractivity contribution is 5.25. The average Bonchev–Trinajstić information content (AvgIpc) is 2.88. The highest BCUT2D eigenvalue weighted by Crippen LogP contribution is 2.26. The molecule has 0 amide bonds. The SMILES string of the molecule is Cc1ccccc1CN(CC1CNC1)C1CCCC1. The third-order valence-electron chi connectivity index (χ3n) is 4.83. The van der Waals surface area contributed by atoms with E-state index in [1.54, 1.807) is 0 Å². The summed E-state index contributed by atoms with van der Waals surface area (Å²) < 4.78 is 0. The highest BCUT2D eigenvalue weighted by atomic mass is 15.2. The molecule has 0 radical (unpaired) electrons. The van der Waals surface area contributed by atoms with Crippen molar-refractivity contribution in [2.24, 2.45) is 5.92 Å². The number of nitrogens with one attached hydrogen (secondary N) is 1. The first-order valence-corrected chi connectivity index (χ1v) is 7.82. The van der Waals surface area contributed by atoms with E-state index in [2.05, 4.69) is 41.4 Å². The van der Waals surface area contributed by atoms with Gasteiger partial charge in [-0.1, -0.05) is 37.1 Å². The first-order valence-electron chi connectivity index (χ1n) is 7.82. The number of benzene rings is 1. The Balaban J connectivity index is 1.68. The van der Waals surface area contributed by atoms with Gasteiger partial charge in [0.25, 0.3) is 0 Å². The molecule has 0 unspecified atom stereocenters. The maximum Gasteiger partial charge on any atom is 0.0239 e. The Morgan fingerprint density at radius 1 is 1.16 bits per heavy atom. The second-order valence-electron chi connectivity index (χ2n) is 6.32. The molecule has 104 valence electrons. The van der Waals surface area contributed by atoms with Gasteiger partial charge in [-0.3, -0.25) is 4.90 Å². The van der Waals surface area contributed by atoms with E-state index < -0.39 is 0 Å². The van der Waals surface area contributed by atoms with Crippen LogP contribution in [0.2, 0.25) is 0 Å². The van der Waals surface area contributed by atoms with Crippen molar-refractivity contribution in [1.82, 2.24) is 10.2 Å². The van der Waals surface area contributed by atoms with Crippen molar-refractivity contribution < 1.29 is 0 Å². The minimum Gasteiger partial charge on any atom is -0.316 e. The zero-order valence-electron chi connectivity index (χ0n) is 12.1. The highest BCUT2D eigenvalue weighted by Gasteiger charge is 2.27. The number of hydrogen-bond donors (Lipinski definition) is 1. The molecule has 0 atom stereocenters. The van der Waals surface area contributed by atoms with Crippen LogP contribution in [0.5, 0.6) is 0 Å². The van der Waals surface area contributed by atoms with E-state index in [1.165, 1.54) is 56.4 Å². The molecule has 1 aliphatic heterocycles. The lowest BCUT2D eigenvalue weighted by atomic mass is 10.00. The summed E-state index contributed by atoms with van der Waals surface area (Å²) in [5, 5.41) is 3.41. The van der Waals surface area contributed by atoms with Gasteiger partial charge in [0.15, 0.2) is 0 Å². The fourth-order valence-electron chi connectivity index (χ4n) is 3.43. The Morgan fingerprint density at radius 2 is 1.89 bits per heavy atom. The van der Waals surface area contributed by atoms with E-state index in [1.807, 2.05) is 0 Å². The van der Waals surface area contributed by atoms with E-state index in [0.29, 0.717) is 0 Å². The molecule has 1 aromatic rings. The molecule has 1 N–H and O–H groups in total. The summed E-state index contributed by atoms with van der Waals surface area (Å²) in [6.45, 7) is 7.11. The van der Waals surface area contributed by atoms with Crippen LogP contribution in [0, 0.1) is 12.8 Å². The van der Waals surface area contributed by atoms with Crippen LogP contribution in [0.4, 0.5) is 0 Å². The first-order chi connectivity index (χ1) is 9.33. The Kier molecular flexibility index (Phi) is 4.19. The fraction of sp³-hybridized carbons (Fsp3) is 0.647. The van der Waals surface area contributed by atoms with Crippen LogP contribution < -0.4 is 5.32 Å². The molecule has 3 rings (SSSR count). The second-order valence-corrected chi connectivity index (χ2v) is 6.32. The van der Waals surface area contributed by atoms with Gasteiger partial charge in [-0.15, -0.1) is 0 Å². The second kappa shape index (κ2) is 6.06. The molecule has 2 nitrogen and oxygen atoms in total. The smallest absolute Gasteiger partial charge is 0.0239 e. The van der Waals surface area contributed by atoms with Gasteiger partial charge in [-0.25, -0.2) is 0 Å². The zero-order valence-corrected chi connectivity index (χ0v) is 12.1. The summed E-state index contributed by atoms with van der Waals surface area (Å²) in [6, 6.07) is 9.71. The largest absolute Gasteiger partial charge is 0.316 e. The standard InChI is InChI=1S/C17H26N2/c1-14-6-2-3-7-16(14)13-19(12-15-10-18-11-15)17-8-4-5-9-17/h2-3,6-7,15,17-18H,4-5,8-13H2,1H3. The third-order valence-corrected chi connectivity index (χ3v) is 4.83. The Bertz CT molecular complexity index is 405. The number of nitrogens with zero attached hydrogens (tertiary/aromatic N) is 1. The van der Waals surface area contributed by atoms with Gasteiger partial charge < -0.3 is 5.32 Å². The summed E-state index contributed by atoms with van der Waals surface area (Å²) in [7, 11) is 0. The normalized spacial score (nSPS) is 20.9. The van der Waals surface area contributed by atoms with Crippen LogP contribution in [0.25, 0.3) is 0 Å². The lowest BCUT2D eigenvalue weighted by Gasteiger charge is -2.36. The molecule has 1 saturated carbocycles. The summed E-state index contributed by atoms with van der Waals surface area (Å²) >= 11 is 0. The summed E-state index contributed by atoms with van der Waals surface area (Å²) in [4.78, 5) is 2.76. The van der Waals surface area contributed by atoms with Gasteiger partial charge in [0.05, 0.1) is 0 Å². The molecule has 0 bridgehead atoms. The number of rotatable bonds is 5.